The van der Waals surface area contributed by atoms with Crippen LogP contribution in [0.5, 0.6) is 0 Å². The number of morpholine rings is 2. The Hall–Kier alpha value is -2.47. The summed E-state index contributed by atoms with van der Waals surface area (Å²) in [6, 6.07) is 8.07. The molecule has 182 valence electrons. The molecule has 3 fully saturated rings. The van der Waals surface area contributed by atoms with Crippen LogP contribution in [-0.2, 0) is 9.47 Å². The number of thiophene rings is 1. The molecule has 4 aromatic rings. The maximum Gasteiger partial charge on any atom is 0.129 e. The number of rotatable bonds is 4. The van der Waals surface area contributed by atoms with Gasteiger partial charge in [-0.15, -0.1) is 11.3 Å². The van der Waals surface area contributed by atoms with Gasteiger partial charge < -0.3 is 19.8 Å². The van der Waals surface area contributed by atoms with Gasteiger partial charge in [0.25, 0.3) is 0 Å². The van der Waals surface area contributed by atoms with E-state index < -0.39 is 0 Å². The maximum atomic E-state index is 15.1. The number of aromatic amines is 1. The van der Waals surface area contributed by atoms with Crippen molar-refractivity contribution in [3.8, 4) is 0 Å². The molecule has 1 aromatic carbocycles. The van der Waals surface area contributed by atoms with E-state index in [1.54, 1.807) is 23.7 Å². The fraction of sp³-hybridized carbons (Fsp3) is 0.440. The van der Waals surface area contributed by atoms with E-state index >= 15 is 4.39 Å². The van der Waals surface area contributed by atoms with Crippen LogP contribution in [-0.4, -0.2) is 82.8 Å². The fourth-order valence-corrected chi connectivity index (χ4v) is 7.04. The molecule has 0 saturated carbocycles. The molecule has 3 aliphatic rings. The number of aromatic nitrogens is 3. The predicted octanol–water partition coefficient (Wildman–Crippen LogP) is 3.06. The minimum Gasteiger partial charge on any atom is -0.378 e. The number of piperazine rings is 1. The Bertz CT molecular complexity index is 1320. The lowest BCUT2D eigenvalue weighted by Crippen LogP contribution is -2.64. The van der Waals surface area contributed by atoms with Crippen LogP contribution in [0.4, 0.5) is 4.39 Å². The molecule has 0 radical (unpaired) electrons. The van der Waals surface area contributed by atoms with Gasteiger partial charge in [-0.1, -0.05) is 0 Å². The van der Waals surface area contributed by atoms with Crippen LogP contribution in [0.25, 0.3) is 21.1 Å². The molecule has 3 aromatic heterocycles. The molecule has 2 bridgehead atoms. The quantitative estimate of drug-likeness (QED) is 0.452. The van der Waals surface area contributed by atoms with E-state index in [4.69, 9.17) is 9.47 Å². The van der Waals surface area contributed by atoms with E-state index in [9.17, 15) is 0 Å². The van der Waals surface area contributed by atoms with Gasteiger partial charge in [-0.2, -0.15) is 0 Å². The SMILES string of the molecule is Fc1ccc2[nH]ccc2c1C1CN(C(c2cc3ncncc3s2)N2CC3COCC(C2)N3)CCO1. The average molecular weight is 495 g/mol. The van der Waals surface area contributed by atoms with Gasteiger partial charge in [0.2, 0.25) is 0 Å². The van der Waals surface area contributed by atoms with E-state index in [1.807, 2.05) is 18.5 Å². The number of ether oxygens (including phenoxy) is 2. The molecule has 0 aliphatic carbocycles. The molecule has 3 saturated heterocycles. The van der Waals surface area contributed by atoms with Crippen molar-refractivity contribution in [3.63, 3.8) is 0 Å². The zero-order chi connectivity index (χ0) is 23.4. The van der Waals surface area contributed by atoms with Crippen molar-refractivity contribution in [1.29, 1.82) is 0 Å². The highest BCUT2D eigenvalue weighted by molar-refractivity contribution is 7.19. The fourth-order valence-electron chi connectivity index (χ4n) is 5.88. The summed E-state index contributed by atoms with van der Waals surface area (Å²) < 4.78 is 28.2. The highest BCUT2D eigenvalue weighted by Crippen LogP contribution is 2.39. The molecule has 4 unspecified atom stereocenters. The molecule has 10 heteroatoms. The van der Waals surface area contributed by atoms with Crippen LogP contribution in [0.2, 0.25) is 0 Å². The second-order valence-corrected chi connectivity index (χ2v) is 10.7. The molecular weight excluding hydrogens is 467 g/mol. The predicted molar refractivity (Wildman–Crippen MR) is 132 cm³/mol. The summed E-state index contributed by atoms with van der Waals surface area (Å²) in [4.78, 5) is 18.2. The highest BCUT2D eigenvalue weighted by Gasteiger charge is 2.39. The summed E-state index contributed by atoms with van der Waals surface area (Å²) in [6.07, 6.45) is 5.06. The number of hydrogen-bond acceptors (Lipinski definition) is 8. The first-order chi connectivity index (χ1) is 17.2. The molecule has 4 atom stereocenters. The van der Waals surface area contributed by atoms with E-state index in [0.29, 0.717) is 30.8 Å². The van der Waals surface area contributed by atoms with Gasteiger partial charge in [0.1, 0.15) is 12.1 Å². The number of hydrogen-bond donors (Lipinski definition) is 2. The van der Waals surface area contributed by atoms with E-state index in [-0.39, 0.29) is 18.1 Å². The van der Waals surface area contributed by atoms with Crippen molar-refractivity contribution in [3.05, 3.63) is 59.2 Å². The van der Waals surface area contributed by atoms with E-state index in [1.165, 1.54) is 10.9 Å². The Morgan fingerprint density at radius 3 is 2.86 bits per heavy atom. The number of nitrogens with one attached hydrogen (secondary N) is 2. The first kappa shape index (κ1) is 21.8. The zero-order valence-electron chi connectivity index (χ0n) is 19.2. The third kappa shape index (κ3) is 3.94. The van der Waals surface area contributed by atoms with Crippen molar-refractivity contribution < 1.29 is 13.9 Å². The first-order valence-corrected chi connectivity index (χ1v) is 12.9. The Kier molecular flexibility index (Phi) is 5.53. The van der Waals surface area contributed by atoms with Crippen molar-refractivity contribution in [2.75, 3.05) is 46.0 Å². The van der Waals surface area contributed by atoms with Gasteiger partial charge >= 0.3 is 0 Å². The number of fused-ring (bicyclic) bond motifs is 4. The summed E-state index contributed by atoms with van der Waals surface area (Å²) >= 11 is 1.74. The van der Waals surface area contributed by atoms with Gasteiger partial charge in [0, 0.05) is 72.0 Å². The normalized spacial score (nSPS) is 26.9. The van der Waals surface area contributed by atoms with Crippen molar-refractivity contribution in [2.24, 2.45) is 0 Å². The van der Waals surface area contributed by atoms with Gasteiger partial charge in [-0.25, -0.2) is 14.4 Å². The van der Waals surface area contributed by atoms with Crippen molar-refractivity contribution in [1.82, 2.24) is 30.1 Å². The summed E-state index contributed by atoms with van der Waals surface area (Å²) in [6.45, 7) is 5.18. The van der Waals surface area contributed by atoms with E-state index in [0.717, 1.165) is 54.0 Å². The number of benzene rings is 1. The lowest BCUT2D eigenvalue weighted by Gasteiger charge is -2.49. The molecule has 2 N–H and O–H groups in total. The van der Waals surface area contributed by atoms with Gasteiger partial charge in [-0.3, -0.25) is 9.80 Å². The average Bonchev–Trinajstić information content (AvgIpc) is 3.51. The Labute approximate surface area is 206 Å². The lowest BCUT2D eigenvalue weighted by molar-refractivity contribution is -0.0982. The smallest absolute Gasteiger partial charge is 0.129 e. The standard InChI is InChI=1S/C25H27FN6O2S/c26-18-1-2-19-17(3-4-28-19)24(18)21-11-31(5-6-34-21)25(22-7-20-23(35-22)8-27-14-29-20)32-9-15-12-33-13-16(10-32)30-15/h1-4,7-8,14-16,21,25,28,30H,5-6,9-13H2. The summed E-state index contributed by atoms with van der Waals surface area (Å²) in [5.74, 6) is -0.216. The number of H-pyrrole nitrogens is 1. The van der Waals surface area contributed by atoms with Crippen LogP contribution in [0, 0.1) is 5.82 Å². The molecule has 0 amide bonds. The van der Waals surface area contributed by atoms with Crippen LogP contribution in [0.15, 0.2) is 43.0 Å². The Balaban J connectivity index is 1.26. The first-order valence-electron chi connectivity index (χ1n) is 12.1. The largest absolute Gasteiger partial charge is 0.378 e. The molecule has 7 rings (SSSR count). The van der Waals surface area contributed by atoms with Crippen molar-refractivity contribution >= 4 is 32.5 Å². The molecule has 6 heterocycles. The topological polar surface area (TPSA) is 78.5 Å². The van der Waals surface area contributed by atoms with Gasteiger partial charge in [0.15, 0.2) is 0 Å². The second-order valence-electron chi connectivity index (χ2n) is 9.60. The minimum atomic E-state index is -0.342. The Morgan fingerprint density at radius 2 is 2.00 bits per heavy atom. The molecule has 3 aliphatic heterocycles. The van der Waals surface area contributed by atoms with Gasteiger partial charge in [0.05, 0.1) is 42.3 Å². The molecule has 0 spiro atoms. The number of halogens is 1. The van der Waals surface area contributed by atoms with Crippen LogP contribution in [0.3, 0.4) is 0 Å². The third-order valence-corrected chi connectivity index (χ3v) is 8.42. The highest BCUT2D eigenvalue weighted by atomic mass is 32.1. The van der Waals surface area contributed by atoms with E-state index in [2.05, 4.69) is 36.1 Å². The summed E-state index contributed by atoms with van der Waals surface area (Å²) in [7, 11) is 0. The zero-order valence-corrected chi connectivity index (χ0v) is 20.0. The lowest BCUT2D eigenvalue weighted by atomic mass is 10.0. The third-order valence-electron chi connectivity index (χ3n) is 7.32. The summed E-state index contributed by atoms with van der Waals surface area (Å²) in [5.41, 5.74) is 2.54. The maximum absolute atomic E-state index is 15.1. The number of nitrogens with zero attached hydrogens (tertiary/aromatic N) is 4. The molecule has 35 heavy (non-hydrogen) atoms. The van der Waals surface area contributed by atoms with Crippen LogP contribution < -0.4 is 5.32 Å². The van der Waals surface area contributed by atoms with Crippen LogP contribution >= 0.6 is 11.3 Å². The second kappa shape index (κ2) is 8.88. The van der Waals surface area contributed by atoms with Crippen LogP contribution in [0.1, 0.15) is 22.7 Å². The minimum absolute atomic E-state index is 0.0549. The molecular formula is C25H27FN6O2S. The Morgan fingerprint density at radius 1 is 1.11 bits per heavy atom. The molecule has 8 nitrogen and oxygen atoms in total. The van der Waals surface area contributed by atoms with Crippen molar-refractivity contribution in [2.45, 2.75) is 24.4 Å². The summed E-state index contributed by atoms with van der Waals surface area (Å²) in [5, 5.41) is 4.58. The van der Waals surface area contributed by atoms with Gasteiger partial charge in [-0.05, 0) is 24.3 Å². The monoisotopic (exact) mass is 494 g/mol.